The van der Waals surface area contributed by atoms with Crippen LogP contribution in [0.4, 0.5) is 5.69 Å². The van der Waals surface area contributed by atoms with Crippen LogP contribution in [0.1, 0.15) is 17.4 Å². The number of aliphatic hydroxyl groups is 1. The lowest BCUT2D eigenvalue weighted by molar-refractivity contribution is -0.132. The molecule has 3 heterocycles. The van der Waals surface area contributed by atoms with Gasteiger partial charge in [-0.3, -0.25) is 14.5 Å². The van der Waals surface area contributed by atoms with Gasteiger partial charge in [0.2, 0.25) is 6.79 Å². The topological polar surface area (TPSA) is 89.2 Å². The van der Waals surface area contributed by atoms with E-state index in [4.69, 9.17) is 13.9 Å². The number of anilines is 1. The van der Waals surface area contributed by atoms with Gasteiger partial charge in [0.05, 0.1) is 11.8 Å². The molecule has 2 aliphatic rings. The molecule has 0 radical (unpaired) electrons. The molecule has 0 saturated carbocycles. The van der Waals surface area contributed by atoms with E-state index in [0.717, 1.165) is 0 Å². The van der Waals surface area contributed by atoms with Crippen molar-refractivity contribution in [3.8, 4) is 11.5 Å². The average molecular weight is 389 g/mol. The van der Waals surface area contributed by atoms with E-state index < -0.39 is 17.7 Å². The van der Waals surface area contributed by atoms with Crippen molar-refractivity contribution in [2.75, 3.05) is 11.7 Å². The standard InChI is InChI=1S/C22H15NO6/c24-20(13-8-9-15-17(11-13)29-12-28-15)18-19(16-7-4-10-27-16)23(22(26)21(18)25)14-5-2-1-3-6-14/h1-11,19,24H,12H2/b20-18-. The molecule has 2 aromatic carbocycles. The minimum atomic E-state index is -0.891. The van der Waals surface area contributed by atoms with Crippen LogP contribution in [0.5, 0.6) is 11.5 Å². The Bertz CT molecular complexity index is 1130. The molecule has 1 fully saturated rings. The van der Waals surface area contributed by atoms with Crippen LogP contribution in [-0.2, 0) is 9.59 Å². The van der Waals surface area contributed by atoms with E-state index in [0.29, 0.717) is 28.5 Å². The average Bonchev–Trinajstić information content (AvgIpc) is 3.48. The third-order valence-corrected chi connectivity index (χ3v) is 4.94. The Morgan fingerprint density at radius 1 is 0.966 bits per heavy atom. The fourth-order valence-corrected chi connectivity index (χ4v) is 3.60. The predicted molar refractivity (Wildman–Crippen MR) is 102 cm³/mol. The summed E-state index contributed by atoms with van der Waals surface area (Å²) in [4.78, 5) is 27.2. The van der Waals surface area contributed by atoms with E-state index in [1.807, 2.05) is 6.07 Å². The van der Waals surface area contributed by atoms with Crippen LogP contribution in [-0.4, -0.2) is 23.6 Å². The van der Waals surface area contributed by atoms with Crippen molar-refractivity contribution in [3.05, 3.63) is 83.8 Å². The van der Waals surface area contributed by atoms with Gasteiger partial charge in [-0.2, -0.15) is 0 Å². The van der Waals surface area contributed by atoms with Crippen molar-refractivity contribution in [1.82, 2.24) is 0 Å². The number of Topliss-reactive ketones (excluding diaryl/α,β-unsaturated/α-hetero) is 1. The van der Waals surface area contributed by atoms with Crippen LogP contribution in [0.15, 0.2) is 76.9 Å². The summed E-state index contributed by atoms with van der Waals surface area (Å²) in [6.45, 7) is 0.0876. The second-order valence-corrected chi connectivity index (χ2v) is 6.59. The lowest BCUT2D eigenvalue weighted by Crippen LogP contribution is -2.29. The van der Waals surface area contributed by atoms with E-state index in [1.54, 1.807) is 54.6 Å². The van der Waals surface area contributed by atoms with E-state index in [1.165, 1.54) is 11.2 Å². The fraction of sp³-hybridized carbons (Fsp3) is 0.0909. The minimum Gasteiger partial charge on any atom is -0.507 e. The van der Waals surface area contributed by atoms with Gasteiger partial charge in [0, 0.05) is 11.3 Å². The Morgan fingerprint density at radius 2 is 1.76 bits per heavy atom. The Kier molecular flexibility index (Phi) is 3.87. The summed E-state index contributed by atoms with van der Waals surface area (Å²) in [5.41, 5.74) is 0.824. The maximum Gasteiger partial charge on any atom is 0.300 e. The number of aliphatic hydroxyl groups excluding tert-OH is 1. The molecule has 7 nitrogen and oxygen atoms in total. The Morgan fingerprint density at radius 3 is 2.52 bits per heavy atom. The first-order chi connectivity index (χ1) is 14.1. The van der Waals surface area contributed by atoms with Gasteiger partial charge in [-0.1, -0.05) is 18.2 Å². The van der Waals surface area contributed by atoms with Crippen molar-refractivity contribution in [2.45, 2.75) is 6.04 Å². The van der Waals surface area contributed by atoms with Crippen molar-refractivity contribution in [1.29, 1.82) is 0 Å². The highest BCUT2D eigenvalue weighted by molar-refractivity contribution is 6.51. The minimum absolute atomic E-state index is 0.0485. The number of ketones is 1. The molecule has 144 valence electrons. The van der Waals surface area contributed by atoms with Gasteiger partial charge in [0.25, 0.3) is 11.7 Å². The molecule has 0 bridgehead atoms. The summed E-state index contributed by atoms with van der Waals surface area (Å²) in [6.07, 6.45) is 1.46. The van der Waals surface area contributed by atoms with Gasteiger partial charge < -0.3 is 19.0 Å². The summed E-state index contributed by atoms with van der Waals surface area (Å²) in [7, 11) is 0. The lowest BCUT2D eigenvalue weighted by Gasteiger charge is -2.23. The van der Waals surface area contributed by atoms with Gasteiger partial charge in [-0.15, -0.1) is 0 Å². The molecule has 0 aliphatic carbocycles. The highest BCUT2D eigenvalue weighted by Gasteiger charge is 2.48. The molecule has 1 atom stereocenters. The molecular formula is C22H15NO6. The molecule has 1 N–H and O–H groups in total. The van der Waals surface area contributed by atoms with Gasteiger partial charge in [-0.05, 0) is 42.5 Å². The van der Waals surface area contributed by atoms with Gasteiger partial charge in [-0.25, -0.2) is 0 Å². The molecule has 0 spiro atoms. The largest absolute Gasteiger partial charge is 0.507 e. The molecular weight excluding hydrogens is 374 g/mol. The molecule has 5 rings (SSSR count). The number of benzene rings is 2. The first kappa shape index (κ1) is 17.1. The van der Waals surface area contributed by atoms with Gasteiger partial charge in [0.15, 0.2) is 11.5 Å². The number of furan rings is 1. The van der Waals surface area contributed by atoms with Gasteiger partial charge >= 0.3 is 0 Å². The van der Waals surface area contributed by atoms with Crippen LogP contribution >= 0.6 is 0 Å². The van der Waals surface area contributed by atoms with E-state index in [-0.39, 0.29) is 18.1 Å². The molecule has 1 saturated heterocycles. The van der Waals surface area contributed by atoms with Crippen molar-refractivity contribution < 1.29 is 28.6 Å². The second-order valence-electron chi connectivity index (χ2n) is 6.59. The number of hydrogen-bond acceptors (Lipinski definition) is 6. The first-order valence-corrected chi connectivity index (χ1v) is 8.94. The summed E-state index contributed by atoms with van der Waals surface area (Å²) >= 11 is 0. The molecule has 7 heteroatoms. The number of para-hydroxylation sites is 1. The van der Waals surface area contributed by atoms with Crippen LogP contribution in [0.2, 0.25) is 0 Å². The van der Waals surface area contributed by atoms with Gasteiger partial charge in [0.1, 0.15) is 17.6 Å². The number of carbonyl (C=O) groups is 2. The maximum absolute atomic E-state index is 12.9. The number of fused-ring (bicyclic) bond motifs is 1. The maximum atomic E-state index is 12.9. The zero-order valence-electron chi connectivity index (χ0n) is 15.1. The van der Waals surface area contributed by atoms with Crippen molar-refractivity contribution in [3.63, 3.8) is 0 Å². The molecule has 2 aliphatic heterocycles. The monoisotopic (exact) mass is 389 g/mol. The van der Waals surface area contributed by atoms with E-state index in [2.05, 4.69) is 0 Å². The predicted octanol–water partition coefficient (Wildman–Crippen LogP) is 3.63. The molecule has 1 amide bonds. The van der Waals surface area contributed by atoms with Crippen molar-refractivity contribution >= 4 is 23.1 Å². The highest BCUT2D eigenvalue weighted by Crippen LogP contribution is 2.43. The third kappa shape index (κ3) is 2.67. The summed E-state index contributed by atoms with van der Waals surface area (Å²) in [5, 5.41) is 11.0. The smallest absolute Gasteiger partial charge is 0.300 e. The normalized spacial score (nSPS) is 19.7. The lowest BCUT2D eigenvalue weighted by atomic mass is 9.99. The Labute approximate surface area is 165 Å². The zero-order valence-corrected chi connectivity index (χ0v) is 15.1. The number of hydrogen-bond donors (Lipinski definition) is 1. The quantitative estimate of drug-likeness (QED) is 0.418. The van der Waals surface area contributed by atoms with E-state index >= 15 is 0 Å². The third-order valence-electron chi connectivity index (χ3n) is 4.94. The molecule has 1 aromatic heterocycles. The van der Waals surface area contributed by atoms with Crippen LogP contribution in [0, 0.1) is 0 Å². The number of carbonyl (C=O) groups excluding carboxylic acids is 2. The Hall–Kier alpha value is -4.00. The SMILES string of the molecule is O=C1C(=O)N(c2ccccc2)C(c2ccco2)/C1=C(/O)c1ccc2c(c1)OCO2. The Balaban J connectivity index is 1.69. The second kappa shape index (κ2) is 6.56. The molecule has 29 heavy (non-hydrogen) atoms. The van der Waals surface area contributed by atoms with Crippen LogP contribution < -0.4 is 14.4 Å². The number of amides is 1. The molecule has 3 aromatic rings. The van der Waals surface area contributed by atoms with Crippen LogP contribution in [0.3, 0.4) is 0 Å². The summed E-state index contributed by atoms with van der Waals surface area (Å²) in [5.74, 6) is -0.447. The number of ether oxygens (including phenoxy) is 2. The van der Waals surface area contributed by atoms with Crippen molar-refractivity contribution in [2.24, 2.45) is 0 Å². The zero-order chi connectivity index (χ0) is 20.0. The first-order valence-electron chi connectivity index (χ1n) is 8.94. The highest BCUT2D eigenvalue weighted by atomic mass is 16.7. The summed E-state index contributed by atoms with van der Waals surface area (Å²) in [6, 6.07) is 16.1. The fourth-order valence-electron chi connectivity index (χ4n) is 3.60. The number of rotatable bonds is 3. The number of nitrogens with zero attached hydrogens (tertiary/aromatic N) is 1. The van der Waals surface area contributed by atoms with Crippen LogP contribution in [0.25, 0.3) is 5.76 Å². The molecule has 1 unspecified atom stereocenters. The summed E-state index contributed by atoms with van der Waals surface area (Å²) < 4.78 is 16.2. The van der Waals surface area contributed by atoms with E-state index in [9.17, 15) is 14.7 Å².